The van der Waals surface area contributed by atoms with Crippen molar-refractivity contribution in [2.45, 2.75) is 20.0 Å². The second kappa shape index (κ2) is 6.58. The fraction of sp³-hybridized carbons (Fsp3) is 0.357. The number of hydrogen-bond acceptors (Lipinski definition) is 5. The predicted octanol–water partition coefficient (Wildman–Crippen LogP) is 1.84. The zero-order chi connectivity index (χ0) is 14.5. The molecule has 0 atom stereocenters. The highest BCUT2D eigenvalue weighted by atomic mass is 32.1. The molecule has 0 radical (unpaired) electrons. The number of benzene rings is 1. The Balaban J connectivity index is 1.98. The van der Waals surface area contributed by atoms with Gasteiger partial charge in [-0.25, -0.2) is 0 Å². The highest BCUT2D eigenvalue weighted by Gasteiger charge is 2.08. The molecule has 0 aliphatic rings. The fourth-order valence-electron chi connectivity index (χ4n) is 1.84. The van der Waals surface area contributed by atoms with Crippen LogP contribution in [0.15, 0.2) is 24.3 Å². The van der Waals surface area contributed by atoms with E-state index in [2.05, 4.69) is 20.4 Å². The van der Waals surface area contributed by atoms with Crippen molar-refractivity contribution in [2.75, 3.05) is 14.1 Å². The van der Waals surface area contributed by atoms with Gasteiger partial charge >= 0.3 is 0 Å². The molecule has 0 spiro atoms. The van der Waals surface area contributed by atoms with Crippen molar-refractivity contribution in [2.24, 2.45) is 0 Å². The number of nitrogens with zero attached hydrogens (tertiary/aromatic N) is 3. The van der Waals surface area contributed by atoms with E-state index in [1.807, 2.05) is 45.3 Å². The number of amides is 1. The van der Waals surface area contributed by atoms with Gasteiger partial charge in [0.1, 0.15) is 10.0 Å². The number of carbonyl (C=O) groups is 1. The summed E-state index contributed by atoms with van der Waals surface area (Å²) in [6.45, 7) is 3.13. The van der Waals surface area contributed by atoms with E-state index >= 15 is 0 Å². The lowest BCUT2D eigenvalue weighted by Crippen LogP contribution is -2.23. The smallest absolute Gasteiger partial charge is 0.251 e. The van der Waals surface area contributed by atoms with Crippen molar-refractivity contribution in [1.29, 1.82) is 0 Å². The summed E-state index contributed by atoms with van der Waals surface area (Å²) in [5.74, 6) is -0.0848. The summed E-state index contributed by atoms with van der Waals surface area (Å²) in [5, 5.41) is 12.5. The Kier molecular flexibility index (Phi) is 4.81. The molecule has 1 aromatic carbocycles. The second-order valence-corrected chi connectivity index (χ2v) is 6.10. The zero-order valence-electron chi connectivity index (χ0n) is 11.9. The third kappa shape index (κ3) is 4.11. The van der Waals surface area contributed by atoms with Crippen molar-refractivity contribution in [3.63, 3.8) is 0 Å². The van der Waals surface area contributed by atoms with Crippen LogP contribution in [0.5, 0.6) is 0 Å². The normalized spacial score (nSPS) is 10.8. The van der Waals surface area contributed by atoms with Crippen molar-refractivity contribution in [3.8, 4) is 0 Å². The molecule has 5 nitrogen and oxygen atoms in total. The van der Waals surface area contributed by atoms with Crippen LogP contribution in [0, 0.1) is 6.92 Å². The number of aryl methyl sites for hydroxylation is 1. The summed E-state index contributed by atoms with van der Waals surface area (Å²) in [7, 11) is 4.01. The van der Waals surface area contributed by atoms with Gasteiger partial charge in [0, 0.05) is 12.1 Å². The van der Waals surface area contributed by atoms with Crippen molar-refractivity contribution < 1.29 is 4.79 Å². The molecular weight excluding hydrogens is 272 g/mol. The van der Waals surface area contributed by atoms with E-state index in [-0.39, 0.29) is 5.91 Å². The Labute approximate surface area is 122 Å². The van der Waals surface area contributed by atoms with Gasteiger partial charge in [0.15, 0.2) is 0 Å². The fourth-order valence-corrected chi connectivity index (χ4v) is 2.49. The van der Waals surface area contributed by atoms with E-state index in [4.69, 9.17) is 0 Å². The monoisotopic (exact) mass is 290 g/mol. The standard InChI is InChI=1S/C14H18N4OS/c1-10-16-17-13(20-10)8-15-14(19)12-6-4-5-11(7-12)9-18(2)3/h4-7H,8-9H2,1-3H3,(H,15,19). The minimum Gasteiger partial charge on any atom is -0.345 e. The molecule has 1 heterocycles. The third-order valence-corrected chi connectivity index (χ3v) is 3.49. The summed E-state index contributed by atoms with van der Waals surface area (Å²) >= 11 is 1.49. The van der Waals surface area contributed by atoms with Crippen LogP contribution in [0.25, 0.3) is 0 Å². The van der Waals surface area contributed by atoms with Crippen LogP contribution >= 0.6 is 11.3 Å². The first-order valence-electron chi connectivity index (χ1n) is 6.35. The molecule has 2 aromatic rings. The second-order valence-electron chi connectivity index (χ2n) is 4.84. The molecule has 0 aliphatic carbocycles. The predicted molar refractivity (Wildman–Crippen MR) is 79.6 cm³/mol. The minimum atomic E-state index is -0.0848. The molecule has 2 rings (SSSR count). The Morgan fingerprint density at radius 1 is 1.35 bits per heavy atom. The molecule has 1 N–H and O–H groups in total. The maximum atomic E-state index is 12.1. The van der Waals surface area contributed by atoms with Gasteiger partial charge in [-0.1, -0.05) is 23.5 Å². The summed E-state index contributed by atoms with van der Waals surface area (Å²) < 4.78 is 0. The molecule has 0 unspecified atom stereocenters. The third-order valence-electron chi connectivity index (χ3n) is 2.66. The SMILES string of the molecule is Cc1nnc(CNC(=O)c2cccc(CN(C)C)c2)s1. The largest absolute Gasteiger partial charge is 0.345 e. The quantitative estimate of drug-likeness (QED) is 0.913. The van der Waals surface area contributed by atoms with E-state index in [1.54, 1.807) is 0 Å². The number of carbonyl (C=O) groups excluding carboxylic acids is 1. The summed E-state index contributed by atoms with van der Waals surface area (Å²) in [6, 6.07) is 7.66. The molecule has 6 heteroatoms. The summed E-state index contributed by atoms with van der Waals surface area (Å²) in [4.78, 5) is 14.2. The van der Waals surface area contributed by atoms with E-state index in [1.165, 1.54) is 11.3 Å². The van der Waals surface area contributed by atoms with Crippen LogP contribution in [-0.4, -0.2) is 35.1 Å². The average molecular weight is 290 g/mol. The van der Waals surface area contributed by atoms with Crippen molar-refractivity contribution in [1.82, 2.24) is 20.4 Å². The van der Waals surface area contributed by atoms with Gasteiger partial charge < -0.3 is 10.2 Å². The lowest BCUT2D eigenvalue weighted by molar-refractivity contribution is 0.0950. The molecule has 0 fully saturated rings. The maximum absolute atomic E-state index is 12.1. The number of nitrogens with one attached hydrogen (secondary N) is 1. The van der Waals surface area contributed by atoms with Crippen LogP contribution in [0.4, 0.5) is 0 Å². The number of aromatic nitrogens is 2. The number of rotatable bonds is 5. The zero-order valence-corrected chi connectivity index (χ0v) is 12.7. The molecule has 106 valence electrons. The highest BCUT2D eigenvalue weighted by Crippen LogP contribution is 2.09. The summed E-state index contributed by atoms with van der Waals surface area (Å²) in [6.07, 6.45) is 0. The van der Waals surface area contributed by atoms with Gasteiger partial charge in [-0.15, -0.1) is 10.2 Å². The lowest BCUT2D eigenvalue weighted by atomic mass is 10.1. The topological polar surface area (TPSA) is 58.1 Å². The highest BCUT2D eigenvalue weighted by molar-refractivity contribution is 7.11. The molecule has 0 saturated carbocycles. The Morgan fingerprint density at radius 3 is 2.80 bits per heavy atom. The first-order chi connectivity index (χ1) is 9.54. The lowest BCUT2D eigenvalue weighted by Gasteiger charge is -2.10. The van der Waals surface area contributed by atoms with E-state index in [9.17, 15) is 4.79 Å². The van der Waals surface area contributed by atoms with Crippen LogP contribution < -0.4 is 5.32 Å². The molecule has 1 amide bonds. The van der Waals surface area contributed by atoms with E-state index < -0.39 is 0 Å². The van der Waals surface area contributed by atoms with Crippen molar-refractivity contribution >= 4 is 17.2 Å². The Morgan fingerprint density at radius 2 is 2.15 bits per heavy atom. The van der Waals surface area contributed by atoms with Gasteiger partial charge in [-0.3, -0.25) is 4.79 Å². The van der Waals surface area contributed by atoms with Crippen LogP contribution in [0.3, 0.4) is 0 Å². The molecule has 20 heavy (non-hydrogen) atoms. The molecule has 0 aliphatic heterocycles. The van der Waals surface area contributed by atoms with Gasteiger partial charge in [-0.05, 0) is 38.7 Å². The van der Waals surface area contributed by atoms with Crippen LogP contribution in [0.1, 0.15) is 25.9 Å². The molecule has 1 aromatic heterocycles. The maximum Gasteiger partial charge on any atom is 0.251 e. The Bertz CT molecular complexity index is 594. The van der Waals surface area contributed by atoms with Gasteiger partial charge in [-0.2, -0.15) is 0 Å². The first kappa shape index (κ1) is 14.6. The van der Waals surface area contributed by atoms with E-state index in [0.29, 0.717) is 12.1 Å². The summed E-state index contributed by atoms with van der Waals surface area (Å²) in [5.41, 5.74) is 1.79. The molecule has 0 saturated heterocycles. The van der Waals surface area contributed by atoms with Crippen LogP contribution in [0.2, 0.25) is 0 Å². The average Bonchev–Trinajstić information content (AvgIpc) is 2.81. The van der Waals surface area contributed by atoms with E-state index in [0.717, 1.165) is 22.1 Å². The van der Waals surface area contributed by atoms with Crippen LogP contribution in [-0.2, 0) is 13.1 Å². The molecular formula is C14H18N4OS. The number of hydrogen-bond donors (Lipinski definition) is 1. The van der Waals surface area contributed by atoms with Gasteiger partial charge in [0.2, 0.25) is 0 Å². The molecule has 0 bridgehead atoms. The Hall–Kier alpha value is -1.79. The van der Waals surface area contributed by atoms with Crippen molar-refractivity contribution in [3.05, 3.63) is 45.4 Å². The first-order valence-corrected chi connectivity index (χ1v) is 7.17. The van der Waals surface area contributed by atoms with Gasteiger partial charge in [0.25, 0.3) is 5.91 Å². The minimum absolute atomic E-state index is 0.0848. The van der Waals surface area contributed by atoms with Gasteiger partial charge in [0.05, 0.1) is 6.54 Å².